The molecule has 0 radical (unpaired) electrons. The highest BCUT2D eigenvalue weighted by Gasteiger charge is 2.31. The summed E-state index contributed by atoms with van der Waals surface area (Å²) < 4.78 is 5.27. The minimum Gasteiger partial charge on any atom is -0.446 e. The molecular weight excluding hydrogens is 192 g/mol. The average molecular weight is 212 g/mol. The van der Waals surface area contributed by atoms with Crippen LogP contribution >= 0.6 is 0 Å². The third-order valence-corrected chi connectivity index (χ3v) is 3.48. The molecule has 2 fully saturated rings. The summed E-state index contributed by atoms with van der Waals surface area (Å²) in [5, 5.41) is 2.92. The van der Waals surface area contributed by atoms with E-state index in [2.05, 4.69) is 5.32 Å². The van der Waals surface area contributed by atoms with Crippen molar-refractivity contribution < 1.29 is 9.53 Å². The van der Waals surface area contributed by atoms with Crippen molar-refractivity contribution in [1.82, 2.24) is 5.32 Å². The van der Waals surface area contributed by atoms with Gasteiger partial charge in [0.25, 0.3) is 0 Å². The van der Waals surface area contributed by atoms with Crippen LogP contribution in [0.15, 0.2) is 0 Å². The van der Waals surface area contributed by atoms with Crippen molar-refractivity contribution in [1.29, 1.82) is 0 Å². The van der Waals surface area contributed by atoms with Crippen molar-refractivity contribution in [3.63, 3.8) is 0 Å². The molecule has 1 amide bonds. The number of carbonyl (C=O) groups excluding carboxylic acids is 1. The zero-order chi connectivity index (χ0) is 10.7. The number of rotatable bonds is 3. The van der Waals surface area contributed by atoms with Crippen LogP contribution in [0.1, 0.15) is 38.5 Å². The molecule has 0 bridgehead atoms. The van der Waals surface area contributed by atoms with E-state index < -0.39 is 0 Å². The van der Waals surface area contributed by atoms with E-state index in [1.165, 1.54) is 12.8 Å². The summed E-state index contributed by atoms with van der Waals surface area (Å²) in [6, 6.07) is 0.350. The van der Waals surface area contributed by atoms with Crippen molar-refractivity contribution in [2.24, 2.45) is 11.7 Å². The van der Waals surface area contributed by atoms with Crippen LogP contribution in [0.5, 0.6) is 0 Å². The molecule has 0 aromatic carbocycles. The Bertz CT molecular complexity index is 221. The SMILES string of the molecule is NCC1CC(OC(=O)NC2CCCC2)C1. The number of nitrogens with one attached hydrogen (secondary N) is 1. The smallest absolute Gasteiger partial charge is 0.407 e. The highest BCUT2D eigenvalue weighted by molar-refractivity contribution is 5.67. The third kappa shape index (κ3) is 2.84. The van der Waals surface area contributed by atoms with E-state index in [4.69, 9.17) is 10.5 Å². The van der Waals surface area contributed by atoms with Crippen LogP contribution in [0.25, 0.3) is 0 Å². The van der Waals surface area contributed by atoms with Gasteiger partial charge in [0.2, 0.25) is 0 Å². The van der Waals surface area contributed by atoms with Crippen LogP contribution in [0.3, 0.4) is 0 Å². The zero-order valence-electron chi connectivity index (χ0n) is 9.08. The Morgan fingerprint density at radius 3 is 2.60 bits per heavy atom. The second-order valence-corrected chi connectivity index (χ2v) is 4.73. The number of ether oxygens (including phenoxy) is 1. The predicted octanol–water partition coefficient (Wildman–Crippen LogP) is 1.39. The van der Waals surface area contributed by atoms with E-state index >= 15 is 0 Å². The van der Waals surface area contributed by atoms with Crippen LogP contribution in [-0.4, -0.2) is 24.8 Å². The van der Waals surface area contributed by atoms with Crippen LogP contribution < -0.4 is 11.1 Å². The van der Waals surface area contributed by atoms with Gasteiger partial charge in [-0.3, -0.25) is 0 Å². The van der Waals surface area contributed by atoms with Crippen LogP contribution in [-0.2, 0) is 4.74 Å². The third-order valence-electron chi connectivity index (χ3n) is 3.48. The van der Waals surface area contributed by atoms with E-state index in [1.54, 1.807) is 0 Å². The Balaban J connectivity index is 1.61. The summed E-state index contributed by atoms with van der Waals surface area (Å²) in [5.41, 5.74) is 5.50. The fraction of sp³-hybridized carbons (Fsp3) is 0.909. The van der Waals surface area contributed by atoms with Crippen LogP contribution in [0, 0.1) is 5.92 Å². The highest BCUT2D eigenvalue weighted by atomic mass is 16.6. The molecule has 0 unspecified atom stereocenters. The Hall–Kier alpha value is -0.770. The fourth-order valence-corrected chi connectivity index (χ4v) is 2.39. The lowest BCUT2D eigenvalue weighted by atomic mass is 9.82. The molecule has 4 nitrogen and oxygen atoms in total. The predicted molar refractivity (Wildman–Crippen MR) is 57.4 cm³/mol. The first-order chi connectivity index (χ1) is 7.28. The molecule has 0 saturated heterocycles. The molecule has 4 heteroatoms. The van der Waals surface area contributed by atoms with Gasteiger partial charge in [0.15, 0.2) is 0 Å². The number of carbonyl (C=O) groups is 1. The lowest BCUT2D eigenvalue weighted by Crippen LogP contribution is -2.41. The highest BCUT2D eigenvalue weighted by Crippen LogP contribution is 2.29. The minimum absolute atomic E-state index is 0.111. The van der Waals surface area contributed by atoms with Gasteiger partial charge in [0.1, 0.15) is 6.10 Å². The molecule has 2 aliphatic carbocycles. The molecule has 2 aliphatic rings. The van der Waals surface area contributed by atoms with E-state index in [-0.39, 0.29) is 12.2 Å². The average Bonchev–Trinajstić information content (AvgIpc) is 2.63. The maximum atomic E-state index is 11.4. The number of hydrogen-bond acceptors (Lipinski definition) is 3. The number of amides is 1. The summed E-state index contributed by atoms with van der Waals surface area (Å²) in [6.45, 7) is 0.712. The minimum atomic E-state index is -0.234. The summed E-state index contributed by atoms with van der Waals surface area (Å²) in [4.78, 5) is 11.4. The van der Waals surface area contributed by atoms with E-state index in [9.17, 15) is 4.79 Å². The molecule has 0 heterocycles. The largest absolute Gasteiger partial charge is 0.446 e. The van der Waals surface area contributed by atoms with Crippen molar-refractivity contribution in [3.05, 3.63) is 0 Å². The Morgan fingerprint density at radius 2 is 2.00 bits per heavy atom. The van der Waals surface area contributed by atoms with Gasteiger partial charge >= 0.3 is 6.09 Å². The van der Waals surface area contributed by atoms with Crippen molar-refractivity contribution >= 4 is 6.09 Å². The first kappa shape index (κ1) is 10.7. The second kappa shape index (κ2) is 4.84. The first-order valence-corrected chi connectivity index (χ1v) is 5.95. The van der Waals surface area contributed by atoms with Gasteiger partial charge in [-0.25, -0.2) is 4.79 Å². The second-order valence-electron chi connectivity index (χ2n) is 4.73. The summed E-state index contributed by atoms with van der Waals surface area (Å²) in [5.74, 6) is 0.564. The maximum absolute atomic E-state index is 11.4. The molecule has 3 N–H and O–H groups in total. The lowest BCUT2D eigenvalue weighted by molar-refractivity contribution is 0.0188. The Morgan fingerprint density at radius 1 is 1.33 bits per heavy atom. The van der Waals surface area contributed by atoms with Crippen molar-refractivity contribution in [2.75, 3.05) is 6.54 Å². The normalized spacial score (nSPS) is 31.0. The number of hydrogen-bond donors (Lipinski definition) is 2. The van der Waals surface area contributed by atoms with Gasteiger partial charge in [-0.15, -0.1) is 0 Å². The van der Waals surface area contributed by atoms with Gasteiger partial charge in [-0.05, 0) is 38.1 Å². The summed E-state index contributed by atoms with van der Waals surface area (Å²) in [7, 11) is 0. The lowest BCUT2D eigenvalue weighted by Gasteiger charge is -2.33. The molecule has 0 spiro atoms. The molecule has 86 valence electrons. The number of alkyl carbamates (subject to hydrolysis) is 1. The summed E-state index contributed by atoms with van der Waals surface area (Å²) >= 11 is 0. The van der Waals surface area contributed by atoms with Crippen LogP contribution in [0.2, 0.25) is 0 Å². The van der Waals surface area contributed by atoms with Gasteiger partial charge in [0.05, 0.1) is 0 Å². The van der Waals surface area contributed by atoms with Crippen molar-refractivity contribution in [3.8, 4) is 0 Å². The Labute approximate surface area is 90.5 Å². The zero-order valence-corrected chi connectivity index (χ0v) is 9.08. The fourth-order valence-electron chi connectivity index (χ4n) is 2.39. The molecule has 0 aliphatic heterocycles. The van der Waals surface area contributed by atoms with Gasteiger partial charge in [0, 0.05) is 6.04 Å². The van der Waals surface area contributed by atoms with Crippen LogP contribution in [0.4, 0.5) is 4.79 Å². The Kier molecular flexibility index (Phi) is 3.46. The first-order valence-electron chi connectivity index (χ1n) is 5.95. The monoisotopic (exact) mass is 212 g/mol. The van der Waals surface area contributed by atoms with Gasteiger partial charge < -0.3 is 15.8 Å². The summed E-state index contributed by atoms with van der Waals surface area (Å²) in [6.07, 6.45) is 6.41. The molecule has 0 aromatic rings. The maximum Gasteiger partial charge on any atom is 0.407 e. The van der Waals surface area contributed by atoms with Crippen molar-refractivity contribution in [2.45, 2.75) is 50.7 Å². The van der Waals surface area contributed by atoms with E-state index in [1.807, 2.05) is 0 Å². The number of nitrogens with two attached hydrogens (primary N) is 1. The van der Waals surface area contributed by atoms with Gasteiger partial charge in [-0.1, -0.05) is 12.8 Å². The van der Waals surface area contributed by atoms with Gasteiger partial charge in [-0.2, -0.15) is 0 Å². The molecule has 2 saturated carbocycles. The molecule has 0 aromatic heterocycles. The molecular formula is C11H20N2O2. The molecule has 15 heavy (non-hydrogen) atoms. The van der Waals surface area contributed by atoms with E-state index in [0.717, 1.165) is 25.7 Å². The quantitative estimate of drug-likeness (QED) is 0.743. The topological polar surface area (TPSA) is 64.3 Å². The standard InChI is InChI=1S/C11H20N2O2/c12-7-8-5-10(6-8)15-11(14)13-9-3-1-2-4-9/h8-10H,1-7,12H2,(H,13,14). The molecule has 0 atom stereocenters. The van der Waals surface area contributed by atoms with E-state index in [0.29, 0.717) is 18.5 Å². The molecule has 2 rings (SSSR count).